The summed E-state index contributed by atoms with van der Waals surface area (Å²) in [6, 6.07) is 5.36. The van der Waals surface area contributed by atoms with Gasteiger partial charge in [-0.25, -0.2) is 4.79 Å². The van der Waals surface area contributed by atoms with E-state index in [9.17, 15) is 4.79 Å². The summed E-state index contributed by atoms with van der Waals surface area (Å²) in [4.78, 5) is 13.8. The number of carbonyl (C=O) groups is 1. The van der Waals surface area contributed by atoms with Gasteiger partial charge in [0, 0.05) is 32.4 Å². The van der Waals surface area contributed by atoms with Crippen LogP contribution in [-0.4, -0.2) is 29.4 Å². The lowest BCUT2D eigenvalue weighted by Crippen LogP contribution is -2.19. The predicted octanol–water partition coefficient (Wildman–Crippen LogP) is 1.82. The maximum Gasteiger partial charge on any atom is 0.340 e. The molecule has 1 heterocycles. The fourth-order valence-electron chi connectivity index (χ4n) is 2.19. The topological polar surface area (TPSA) is 73.4 Å². The summed E-state index contributed by atoms with van der Waals surface area (Å²) in [6.45, 7) is 2.75. The number of anilines is 2. The lowest BCUT2D eigenvalue weighted by molar-refractivity contribution is 0.0527. The van der Waals surface area contributed by atoms with Gasteiger partial charge in [0.05, 0.1) is 29.7 Å². The molecule has 0 saturated heterocycles. The van der Waals surface area contributed by atoms with Gasteiger partial charge in [0.15, 0.2) is 0 Å². The van der Waals surface area contributed by atoms with Crippen molar-refractivity contribution in [3.05, 3.63) is 41.7 Å². The Kier molecular flexibility index (Phi) is 4.47. The second kappa shape index (κ2) is 6.30. The van der Waals surface area contributed by atoms with Gasteiger partial charge in [-0.3, -0.25) is 4.68 Å². The van der Waals surface area contributed by atoms with Crippen molar-refractivity contribution in [2.75, 3.05) is 24.3 Å². The molecule has 6 heteroatoms. The Hall–Kier alpha value is -2.50. The number of benzene rings is 1. The largest absolute Gasteiger partial charge is 0.462 e. The average molecular weight is 288 g/mol. The SMILES string of the molecule is CCOC(=O)c1cccc(N(C)Cc2cnn(C)c2)c1N. The maximum absolute atomic E-state index is 11.9. The van der Waals surface area contributed by atoms with Crippen LogP contribution in [0.2, 0.25) is 0 Å². The van der Waals surface area contributed by atoms with Crippen molar-refractivity contribution >= 4 is 17.3 Å². The van der Waals surface area contributed by atoms with Crippen LogP contribution in [0.25, 0.3) is 0 Å². The molecule has 0 aliphatic heterocycles. The molecule has 0 fully saturated rings. The van der Waals surface area contributed by atoms with Crippen LogP contribution in [0.5, 0.6) is 0 Å². The number of para-hydroxylation sites is 1. The highest BCUT2D eigenvalue weighted by atomic mass is 16.5. The summed E-state index contributed by atoms with van der Waals surface area (Å²) in [5.41, 5.74) is 8.81. The van der Waals surface area contributed by atoms with E-state index in [0.29, 0.717) is 24.4 Å². The molecule has 0 saturated carbocycles. The molecule has 0 amide bonds. The Morgan fingerprint density at radius 3 is 2.86 bits per heavy atom. The van der Waals surface area contributed by atoms with Crippen molar-refractivity contribution in [2.45, 2.75) is 13.5 Å². The Morgan fingerprint density at radius 2 is 2.24 bits per heavy atom. The number of nitrogens with two attached hydrogens (primary N) is 1. The minimum absolute atomic E-state index is 0.327. The highest BCUT2D eigenvalue weighted by Crippen LogP contribution is 2.27. The van der Waals surface area contributed by atoms with Crippen LogP contribution in [0.4, 0.5) is 11.4 Å². The van der Waals surface area contributed by atoms with Gasteiger partial charge in [0.25, 0.3) is 0 Å². The van der Waals surface area contributed by atoms with Gasteiger partial charge in [-0.1, -0.05) is 6.07 Å². The van der Waals surface area contributed by atoms with Gasteiger partial charge in [0.1, 0.15) is 0 Å². The summed E-state index contributed by atoms with van der Waals surface area (Å²) in [7, 11) is 3.80. The molecular weight excluding hydrogens is 268 g/mol. The van der Waals surface area contributed by atoms with Gasteiger partial charge < -0.3 is 15.4 Å². The molecule has 2 N–H and O–H groups in total. The molecule has 0 aliphatic rings. The van der Waals surface area contributed by atoms with Gasteiger partial charge in [-0.05, 0) is 19.1 Å². The van der Waals surface area contributed by atoms with Crippen LogP contribution in [0.3, 0.4) is 0 Å². The lowest BCUT2D eigenvalue weighted by atomic mass is 10.1. The molecule has 0 bridgehead atoms. The third kappa shape index (κ3) is 3.34. The standard InChI is InChI=1S/C15H20N4O2/c1-4-21-15(20)12-6-5-7-13(14(12)16)18(2)9-11-8-17-19(3)10-11/h5-8,10H,4,9,16H2,1-3H3. The van der Waals surface area contributed by atoms with E-state index in [0.717, 1.165) is 11.3 Å². The second-order valence-corrected chi connectivity index (χ2v) is 4.84. The highest BCUT2D eigenvalue weighted by Gasteiger charge is 2.15. The summed E-state index contributed by atoms with van der Waals surface area (Å²) in [5.74, 6) is -0.397. The maximum atomic E-state index is 11.9. The molecule has 0 unspecified atom stereocenters. The molecule has 2 rings (SSSR count). The zero-order valence-electron chi connectivity index (χ0n) is 12.5. The van der Waals surface area contributed by atoms with Gasteiger partial charge in [-0.2, -0.15) is 5.10 Å². The molecule has 0 aliphatic carbocycles. The van der Waals surface area contributed by atoms with E-state index in [2.05, 4.69) is 5.10 Å². The summed E-state index contributed by atoms with van der Waals surface area (Å²) < 4.78 is 6.77. The molecule has 2 aromatic rings. The van der Waals surface area contributed by atoms with E-state index in [1.807, 2.05) is 37.5 Å². The van der Waals surface area contributed by atoms with Crippen LogP contribution in [0.1, 0.15) is 22.8 Å². The summed E-state index contributed by atoms with van der Waals surface area (Å²) >= 11 is 0. The third-order valence-corrected chi connectivity index (χ3v) is 3.17. The van der Waals surface area contributed by atoms with Crippen molar-refractivity contribution in [3.8, 4) is 0 Å². The number of carbonyl (C=O) groups excluding carboxylic acids is 1. The fourth-order valence-corrected chi connectivity index (χ4v) is 2.19. The molecule has 6 nitrogen and oxygen atoms in total. The highest BCUT2D eigenvalue weighted by molar-refractivity contribution is 5.98. The van der Waals surface area contributed by atoms with Crippen LogP contribution in [-0.2, 0) is 18.3 Å². The number of ether oxygens (including phenoxy) is 1. The molecule has 0 atom stereocenters. The van der Waals surface area contributed by atoms with Crippen LogP contribution in [0.15, 0.2) is 30.6 Å². The monoisotopic (exact) mass is 288 g/mol. The van der Waals surface area contributed by atoms with E-state index in [4.69, 9.17) is 10.5 Å². The minimum Gasteiger partial charge on any atom is -0.462 e. The summed E-state index contributed by atoms with van der Waals surface area (Å²) in [5, 5.41) is 4.14. The van der Waals surface area contributed by atoms with Gasteiger partial charge in [-0.15, -0.1) is 0 Å². The molecule has 1 aromatic carbocycles. The number of nitrogen functional groups attached to an aromatic ring is 1. The van der Waals surface area contributed by atoms with E-state index in [1.165, 1.54) is 0 Å². The molecule has 0 radical (unpaired) electrons. The Bertz CT molecular complexity index is 636. The minimum atomic E-state index is -0.397. The molecule has 112 valence electrons. The number of rotatable bonds is 5. The zero-order valence-corrected chi connectivity index (χ0v) is 12.5. The Morgan fingerprint density at radius 1 is 1.48 bits per heavy atom. The number of hydrogen-bond donors (Lipinski definition) is 1. The smallest absolute Gasteiger partial charge is 0.340 e. The Balaban J connectivity index is 2.23. The third-order valence-electron chi connectivity index (χ3n) is 3.17. The van der Waals surface area contributed by atoms with Crippen molar-refractivity contribution in [1.29, 1.82) is 0 Å². The average Bonchev–Trinajstić information content (AvgIpc) is 2.84. The number of hydrogen-bond acceptors (Lipinski definition) is 5. The first-order valence-electron chi connectivity index (χ1n) is 6.77. The van der Waals surface area contributed by atoms with Crippen LogP contribution in [0, 0.1) is 0 Å². The van der Waals surface area contributed by atoms with Crippen LogP contribution < -0.4 is 10.6 Å². The summed E-state index contributed by atoms with van der Waals surface area (Å²) in [6.07, 6.45) is 3.75. The first-order chi connectivity index (χ1) is 10.0. The Labute approximate surface area is 124 Å². The van der Waals surface area contributed by atoms with E-state index in [-0.39, 0.29) is 0 Å². The quantitative estimate of drug-likeness (QED) is 0.671. The van der Waals surface area contributed by atoms with E-state index in [1.54, 1.807) is 23.7 Å². The molecular formula is C15H20N4O2. The molecule has 21 heavy (non-hydrogen) atoms. The van der Waals surface area contributed by atoms with Crippen molar-refractivity contribution in [2.24, 2.45) is 7.05 Å². The molecule has 1 aromatic heterocycles. The van der Waals surface area contributed by atoms with E-state index >= 15 is 0 Å². The van der Waals surface area contributed by atoms with Gasteiger partial charge >= 0.3 is 5.97 Å². The van der Waals surface area contributed by atoms with Crippen molar-refractivity contribution < 1.29 is 9.53 Å². The zero-order chi connectivity index (χ0) is 15.4. The number of esters is 1. The number of aromatic nitrogens is 2. The van der Waals surface area contributed by atoms with E-state index < -0.39 is 5.97 Å². The second-order valence-electron chi connectivity index (χ2n) is 4.84. The van der Waals surface area contributed by atoms with Crippen molar-refractivity contribution in [3.63, 3.8) is 0 Å². The van der Waals surface area contributed by atoms with Gasteiger partial charge in [0.2, 0.25) is 0 Å². The predicted molar refractivity (Wildman–Crippen MR) is 82.1 cm³/mol. The number of aryl methyl sites for hydroxylation is 1. The van der Waals surface area contributed by atoms with Crippen molar-refractivity contribution in [1.82, 2.24) is 9.78 Å². The normalized spacial score (nSPS) is 10.4. The van der Waals surface area contributed by atoms with Crippen LogP contribution >= 0.6 is 0 Å². The fraction of sp³-hybridized carbons (Fsp3) is 0.333. The molecule has 0 spiro atoms. The number of nitrogens with zero attached hydrogens (tertiary/aromatic N) is 3. The first-order valence-corrected chi connectivity index (χ1v) is 6.77. The first kappa shape index (κ1) is 14.9. The lowest BCUT2D eigenvalue weighted by Gasteiger charge is -2.21.